The number of unbranched alkanes of at least 4 members (excludes halogenated alkanes) is 1. The molecule has 0 radical (unpaired) electrons. The first kappa shape index (κ1) is 18.5. The van der Waals surface area contributed by atoms with E-state index in [1.807, 2.05) is 7.05 Å². The molecule has 2 aliphatic rings. The fourth-order valence-corrected chi connectivity index (χ4v) is 3.23. The molecule has 0 saturated carbocycles. The Labute approximate surface area is 141 Å². The Morgan fingerprint density at radius 2 is 1.57 bits per heavy atom. The molecular weight excluding hydrogens is 290 g/mol. The first-order chi connectivity index (χ1) is 11.4. The van der Waals surface area contributed by atoms with Gasteiger partial charge >= 0.3 is 0 Å². The lowest BCUT2D eigenvalue weighted by Crippen LogP contribution is -2.43. The van der Waals surface area contributed by atoms with Crippen molar-refractivity contribution in [1.29, 1.82) is 0 Å². The molecule has 0 aromatic carbocycles. The SMILES string of the molecule is CN=C(NCCCCN1CCOCC1)NCCN1CCCCC1. The molecule has 0 amide bonds. The van der Waals surface area contributed by atoms with Gasteiger partial charge in [0, 0.05) is 39.8 Å². The number of rotatable bonds is 8. The predicted octanol–water partition coefficient (Wildman–Crippen LogP) is 0.750. The van der Waals surface area contributed by atoms with Gasteiger partial charge in [-0.15, -0.1) is 0 Å². The molecule has 2 saturated heterocycles. The van der Waals surface area contributed by atoms with Gasteiger partial charge in [0.1, 0.15) is 0 Å². The van der Waals surface area contributed by atoms with E-state index in [0.717, 1.165) is 51.9 Å². The normalized spacial score (nSPS) is 21.3. The van der Waals surface area contributed by atoms with Crippen LogP contribution in [0.1, 0.15) is 32.1 Å². The summed E-state index contributed by atoms with van der Waals surface area (Å²) in [5.74, 6) is 0.938. The maximum Gasteiger partial charge on any atom is 0.191 e. The van der Waals surface area contributed by atoms with Gasteiger partial charge in [-0.25, -0.2) is 0 Å². The number of aliphatic imine (C=N–C) groups is 1. The van der Waals surface area contributed by atoms with E-state index in [1.165, 1.54) is 51.7 Å². The van der Waals surface area contributed by atoms with Gasteiger partial charge in [0.15, 0.2) is 5.96 Å². The molecule has 0 aromatic rings. The number of hydrogen-bond donors (Lipinski definition) is 2. The van der Waals surface area contributed by atoms with E-state index >= 15 is 0 Å². The van der Waals surface area contributed by atoms with E-state index in [9.17, 15) is 0 Å². The van der Waals surface area contributed by atoms with Crippen molar-refractivity contribution in [1.82, 2.24) is 20.4 Å². The second-order valence-electron chi connectivity index (χ2n) is 6.49. The van der Waals surface area contributed by atoms with Crippen molar-refractivity contribution in [2.45, 2.75) is 32.1 Å². The molecule has 2 N–H and O–H groups in total. The minimum absolute atomic E-state index is 0.895. The molecule has 2 rings (SSSR count). The highest BCUT2D eigenvalue weighted by Crippen LogP contribution is 2.07. The summed E-state index contributed by atoms with van der Waals surface area (Å²) >= 11 is 0. The van der Waals surface area contributed by atoms with E-state index in [2.05, 4.69) is 25.4 Å². The van der Waals surface area contributed by atoms with Crippen molar-refractivity contribution < 1.29 is 4.74 Å². The molecule has 6 nitrogen and oxygen atoms in total. The zero-order valence-electron chi connectivity index (χ0n) is 14.9. The van der Waals surface area contributed by atoms with Crippen molar-refractivity contribution in [2.75, 3.05) is 72.6 Å². The third-order valence-electron chi connectivity index (χ3n) is 4.69. The van der Waals surface area contributed by atoms with E-state index in [4.69, 9.17) is 4.74 Å². The zero-order valence-corrected chi connectivity index (χ0v) is 14.9. The summed E-state index contributed by atoms with van der Waals surface area (Å²) in [6.45, 7) is 10.8. The fraction of sp³-hybridized carbons (Fsp3) is 0.941. The average molecular weight is 326 g/mol. The Hall–Kier alpha value is -0.850. The number of morpholine rings is 1. The Morgan fingerprint density at radius 3 is 2.30 bits per heavy atom. The number of guanidine groups is 1. The van der Waals surface area contributed by atoms with Crippen LogP contribution in [-0.2, 0) is 4.74 Å². The molecule has 6 heteroatoms. The van der Waals surface area contributed by atoms with Gasteiger partial charge in [0.2, 0.25) is 0 Å². The van der Waals surface area contributed by atoms with E-state index in [1.54, 1.807) is 0 Å². The summed E-state index contributed by atoms with van der Waals surface area (Å²) in [4.78, 5) is 9.35. The number of nitrogens with zero attached hydrogens (tertiary/aromatic N) is 3. The van der Waals surface area contributed by atoms with Crippen molar-refractivity contribution in [3.05, 3.63) is 0 Å². The molecule has 0 atom stereocenters. The molecule has 0 aliphatic carbocycles. The van der Waals surface area contributed by atoms with Crippen LogP contribution in [-0.4, -0.2) is 88.4 Å². The maximum absolute atomic E-state index is 5.37. The highest BCUT2D eigenvalue weighted by atomic mass is 16.5. The van der Waals surface area contributed by atoms with Crippen LogP contribution in [0.4, 0.5) is 0 Å². The van der Waals surface area contributed by atoms with E-state index in [-0.39, 0.29) is 0 Å². The van der Waals surface area contributed by atoms with Crippen LogP contribution in [0, 0.1) is 0 Å². The largest absolute Gasteiger partial charge is 0.379 e. The van der Waals surface area contributed by atoms with Gasteiger partial charge in [-0.2, -0.15) is 0 Å². The predicted molar refractivity (Wildman–Crippen MR) is 96.1 cm³/mol. The van der Waals surface area contributed by atoms with Gasteiger partial charge in [-0.05, 0) is 45.3 Å². The summed E-state index contributed by atoms with van der Waals surface area (Å²) < 4.78 is 5.37. The first-order valence-corrected chi connectivity index (χ1v) is 9.35. The molecule has 0 spiro atoms. The average Bonchev–Trinajstić information content (AvgIpc) is 2.61. The van der Waals surface area contributed by atoms with E-state index in [0.29, 0.717) is 0 Å². The van der Waals surface area contributed by atoms with Crippen LogP contribution in [0.5, 0.6) is 0 Å². The van der Waals surface area contributed by atoms with Crippen LogP contribution in [0.3, 0.4) is 0 Å². The van der Waals surface area contributed by atoms with Crippen LogP contribution in [0.15, 0.2) is 4.99 Å². The van der Waals surface area contributed by atoms with Gasteiger partial charge < -0.3 is 20.3 Å². The third kappa shape index (κ3) is 7.99. The lowest BCUT2D eigenvalue weighted by atomic mass is 10.1. The molecule has 2 fully saturated rings. The molecule has 0 unspecified atom stereocenters. The highest BCUT2D eigenvalue weighted by Gasteiger charge is 2.10. The monoisotopic (exact) mass is 325 g/mol. The summed E-state index contributed by atoms with van der Waals surface area (Å²) in [6, 6.07) is 0. The summed E-state index contributed by atoms with van der Waals surface area (Å²) in [6.07, 6.45) is 6.53. The van der Waals surface area contributed by atoms with Crippen LogP contribution >= 0.6 is 0 Å². The lowest BCUT2D eigenvalue weighted by molar-refractivity contribution is 0.0372. The van der Waals surface area contributed by atoms with Crippen molar-refractivity contribution in [3.8, 4) is 0 Å². The number of nitrogens with one attached hydrogen (secondary N) is 2. The van der Waals surface area contributed by atoms with Gasteiger partial charge in [-0.1, -0.05) is 6.42 Å². The van der Waals surface area contributed by atoms with E-state index < -0.39 is 0 Å². The smallest absolute Gasteiger partial charge is 0.191 e. The maximum atomic E-state index is 5.37. The van der Waals surface area contributed by atoms with Gasteiger partial charge in [0.05, 0.1) is 13.2 Å². The third-order valence-corrected chi connectivity index (χ3v) is 4.69. The molecule has 0 bridgehead atoms. The summed E-state index contributed by atoms with van der Waals surface area (Å²) in [7, 11) is 1.85. The Bertz CT molecular complexity index is 325. The van der Waals surface area contributed by atoms with Crippen LogP contribution < -0.4 is 10.6 Å². The molecule has 134 valence electrons. The minimum Gasteiger partial charge on any atom is -0.379 e. The van der Waals surface area contributed by atoms with Crippen molar-refractivity contribution in [2.24, 2.45) is 4.99 Å². The first-order valence-electron chi connectivity index (χ1n) is 9.35. The molecular formula is C17H35N5O. The van der Waals surface area contributed by atoms with Gasteiger partial charge in [0.25, 0.3) is 0 Å². The number of piperidine rings is 1. The zero-order chi connectivity index (χ0) is 16.2. The summed E-state index contributed by atoms with van der Waals surface area (Å²) in [5, 5.41) is 6.85. The Kier molecular flexibility index (Phi) is 9.36. The molecule has 2 aliphatic heterocycles. The molecule has 23 heavy (non-hydrogen) atoms. The quantitative estimate of drug-likeness (QED) is 0.392. The standard InChI is InChI=1S/C17H35N5O/c1-18-17(20-8-12-21-9-4-2-5-10-21)19-7-3-6-11-22-13-15-23-16-14-22/h2-16H2,1H3,(H2,18,19,20). The Balaban J connectivity index is 1.45. The minimum atomic E-state index is 0.895. The molecule has 0 aromatic heterocycles. The summed E-state index contributed by atoms with van der Waals surface area (Å²) in [5.41, 5.74) is 0. The second-order valence-corrected chi connectivity index (χ2v) is 6.49. The molecule has 2 heterocycles. The van der Waals surface area contributed by atoms with Crippen molar-refractivity contribution in [3.63, 3.8) is 0 Å². The fourth-order valence-electron chi connectivity index (χ4n) is 3.23. The number of likely N-dealkylation sites (tertiary alicyclic amines) is 1. The van der Waals surface area contributed by atoms with Crippen molar-refractivity contribution >= 4 is 5.96 Å². The Morgan fingerprint density at radius 1 is 0.870 bits per heavy atom. The number of ether oxygens (including phenoxy) is 1. The second kappa shape index (κ2) is 11.6. The number of hydrogen-bond acceptors (Lipinski definition) is 4. The van der Waals surface area contributed by atoms with Crippen LogP contribution in [0.25, 0.3) is 0 Å². The lowest BCUT2D eigenvalue weighted by Gasteiger charge is -2.27. The van der Waals surface area contributed by atoms with Gasteiger partial charge in [-0.3, -0.25) is 9.89 Å². The van der Waals surface area contributed by atoms with Crippen LogP contribution in [0.2, 0.25) is 0 Å². The highest BCUT2D eigenvalue weighted by molar-refractivity contribution is 5.79. The topological polar surface area (TPSA) is 52.1 Å².